The molecule has 0 bridgehead atoms. The molecule has 0 aromatic carbocycles. The lowest BCUT2D eigenvalue weighted by molar-refractivity contribution is -0.197. The predicted molar refractivity (Wildman–Crippen MR) is 82.6 cm³/mol. The molecular formula is C16H22N2O5. The van der Waals surface area contributed by atoms with E-state index in [0.29, 0.717) is 18.0 Å². The first-order chi connectivity index (χ1) is 11.0. The Balaban J connectivity index is 2.12. The van der Waals surface area contributed by atoms with Crippen LogP contribution in [0.1, 0.15) is 45.4 Å². The highest BCUT2D eigenvalue weighted by atomic mass is 16.7. The van der Waals surface area contributed by atoms with Gasteiger partial charge in [0.1, 0.15) is 0 Å². The summed E-state index contributed by atoms with van der Waals surface area (Å²) in [6.07, 6.45) is 9.16. The van der Waals surface area contributed by atoms with Crippen molar-refractivity contribution in [2.45, 2.75) is 45.4 Å². The van der Waals surface area contributed by atoms with Crippen molar-refractivity contribution in [2.75, 3.05) is 6.54 Å². The van der Waals surface area contributed by atoms with E-state index in [9.17, 15) is 19.2 Å². The SMILES string of the molecule is C/C=C\C/C=C/CNC(=O)CCCC(=O)ON1C(=O)CCC1=O. The number of carbonyl (C=O) groups excluding carboxylic acids is 4. The molecule has 0 radical (unpaired) electrons. The van der Waals surface area contributed by atoms with Crippen LogP contribution < -0.4 is 5.32 Å². The lowest BCUT2D eigenvalue weighted by atomic mass is 10.2. The van der Waals surface area contributed by atoms with E-state index in [1.54, 1.807) is 0 Å². The molecule has 0 saturated carbocycles. The molecule has 1 saturated heterocycles. The molecule has 0 aliphatic carbocycles. The molecule has 23 heavy (non-hydrogen) atoms. The number of carbonyl (C=O) groups is 4. The highest BCUT2D eigenvalue weighted by Crippen LogP contribution is 2.13. The van der Waals surface area contributed by atoms with E-state index in [0.717, 1.165) is 6.42 Å². The fourth-order valence-electron chi connectivity index (χ4n) is 1.85. The fraction of sp³-hybridized carbons (Fsp3) is 0.500. The van der Waals surface area contributed by atoms with E-state index in [1.165, 1.54) is 0 Å². The average Bonchev–Trinajstić information content (AvgIpc) is 2.82. The van der Waals surface area contributed by atoms with Crippen molar-refractivity contribution in [2.24, 2.45) is 0 Å². The Labute approximate surface area is 135 Å². The third-order valence-electron chi connectivity index (χ3n) is 3.08. The minimum Gasteiger partial charge on any atom is -0.353 e. The number of allylic oxidation sites excluding steroid dienone is 3. The van der Waals surface area contributed by atoms with Crippen molar-refractivity contribution in [1.82, 2.24) is 10.4 Å². The normalized spacial score (nSPS) is 14.9. The van der Waals surface area contributed by atoms with Gasteiger partial charge in [-0.3, -0.25) is 14.4 Å². The second-order valence-corrected chi connectivity index (χ2v) is 4.98. The highest BCUT2D eigenvalue weighted by molar-refractivity contribution is 6.01. The third kappa shape index (κ3) is 7.39. The molecule has 1 aliphatic heterocycles. The molecule has 7 heteroatoms. The molecule has 1 aliphatic rings. The fourth-order valence-corrected chi connectivity index (χ4v) is 1.85. The number of imide groups is 1. The number of amides is 3. The maximum absolute atomic E-state index is 11.5. The summed E-state index contributed by atoms with van der Waals surface area (Å²) in [5.41, 5.74) is 0. The van der Waals surface area contributed by atoms with Crippen LogP contribution in [0, 0.1) is 0 Å². The predicted octanol–water partition coefficient (Wildman–Crippen LogP) is 1.40. The monoisotopic (exact) mass is 322 g/mol. The van der Waals surface area contributed by atoms with Gasteiger partial charge in [0.15, 0.2) is 0 Å². The molecule has 0 atom stereocenters. The van der Waals surface area contributed by atoms with E-state index >= 15 is 0 Å². The number of hydrogen-bond donors (Lipinski definition) is 1. The minimum absolute atomic E-state index is 0.0262. The van der Waals surface area contributed by atoms with Gasteiger partial charge in [-0.2, -0.15) is 0 Å². The van der Waals surface area contributed by atoms with Crippen molar-refractivity contribution >= 4 is 23.7 Å². The van der Waals surface area contributed by atoms with E-state index in [2.05, 4.69) is 5.32 Å². The Morgan fingerprint density at radius 3 is 2.48 bits per heavy atom. The summed E-state index contributed by atoms with van der Waals surface area (Å²) < 4.78 is 0. The third-order valence-corrected chi connectivity index (χ3v) is 3.08. The van der Waals surface area contributed by atoms with Gasteiger partial charge in [0.25, 0.3) is 11.8 Å². The van der Waals surface area contributed by atoms with Crippen molar-refractivity contribution in [1.29, 1.82) is 0 Å². The van der Waals surface area contributed by atoms with Crippen LogP contribution in [0.4, 0.5) is 0 Å². The summed E-state index contributed by atoms with van der Waals surface area (Å²) in [4.78, 5) is 50.3. The van der Waals surface area contributed by atoms with E-state index in [1.807, 2.05) is 31.2 Å². The first-order valence-electron chi connectivity index (χ1n) is 7.64. The minimum atomic E-state index is -0.687. The molecule has 1 N–H and O–H groups in total. The van der Waals surface area contributed by atoms with Crippen LogP contribution in [0.25, 0.3) is 0 Å². The van der Waals surface area contributed by atoms with Gasteiger partial charge in [-0.15, -0.1) is 5.06 Å². The Morgan fingerprint density at radius 2 is 1.83 bits per heavy atom. The molecule has 1 heterocycles. The molecule has 0 aromatic rings. The van der Waals surface area contributed by atoms with Crippen LogP contribution in [0.3, 0.4) is 0 Å². The Morgan fingerprint density at radius 1 is 1.13 bits per heavy atom. The van der Waals surface area contributed by atoms with Crippen molar-refractivity contribution in [3.05, 3.63) is 24.3 Å². The Hall–Kier alpha value is -2.44. The summed E-state index contributed by atoms with van der Waals surface area (Å²) in [7, 11) is 0. The molecule has 3 amide bonds. The zero-order valence-corrected chi connectivity index (χ0v) is 13.2. The summed E-state index contributed by atoms with van der Waals surface area (Å²) in [5, 5.41) is 3.21. The number of rotatable bonds is 9. The maximum Gasteiger partial charge on any atom is 0.333 e. The molecule has 0 aromatic heterocycles. The first kappa shape index (κ1) is 18.6. The quantitative estimate of drug-likeness (QED) is 0.512. The second-order valence-electron chi connectivity index (χ2n) is 4.98. The topological polar surface area (TPSA) is 92.8 Å². The largest absolute Gasteiger partial charge is 0.353 e. The zero-order valence-electron chi connectivity index (χ0n) is 13.2. The van der Waals surface area contributed by atoms with Gasteiger partial charge >= 0.3 is 5.97 Å². The molecule has 1 rings (SSSR count). The molecule has 1 fully saturated rings. The number of nitrogens with zero attached hydrogens (tertiary/aromatic N) is 1. The number of nitrogens with one attached hydrogen (secondary N) is 1. The maximum atomic E-state index is 11.5. The lowest BCUT2D eigenvalue weighted by Gasteiger charge is -2.12. The van der Waals surface area contributed by atoms with Gasteiger partial charge in [-0.05, 0) is 19.8 Å². The molecule has 0 unspecified atom stereocenters. The molecule has 126 valence electrons. The van der Waals surface area contributed by atoms with Crippen LogP contribution in [0.2, 0.25) is 0 Å². The van der Waals surface area contributed by atoms with Gasteiger partial charge in [0.05, 0.1) is 0 Å². The number of hydroxylamine groups is 2. The summed E-state index contributed by atoms with van der Waals surface area (Å²) in [5.74, 6) is -1.87. The molecule has 0 spiro atoms. The number of hydrogen-bond acceptors (Lipinski definition) is 5. The van der Waals surface area contributed by atoms with Crippen molar-refractivity contribution in [3.63, 3.8) is 0 Å². The lowest BCUT2D eigenvalue weighted by Crippen LogP contribution is -2.32. The van der Waals surface area contributed by atoms with E-state index in [-0.39, 0.29) is 31.6 Å². The van der Waals surface area contributed by atoms with Crippen LogP contribution in [0.5, 0.6) is 0 Å². The summed E-state index contributed by atoms with van der Waals surface area (Å²) >= 11 is 0. The van der Waals surface area contributed by atoms with Gasteiger partial charge in [0.2, 0.25) is 5.91 Å². The van der Waals surface area contributed by atoms with E-state index < -0.39 is 17.8 Å². The molecule has 7 nitrogen and oxygen atoms in total. The Kier molecular flexibility index (Phi) is 8.34. The average molecular weight is 322 g/mol. The van der Waals surface area contributed by atoms with Gasteiger partial charge in [0, 0.05) is 32.2 Å². The van der Waals surface area contributed by atoms with E-state index in [4.69, 9.17) is 4.84 Å². The van der Waals surface area contributed by atoms with Gasteiger partial charge < -0.3 is 10.2 Å². The smallest absolute Gasteiger partial charge is 0.333 e. The van der Waals surface area contributed by atoms with Crippen LogP contribution in [-0.4, -0.2) is 35.3 Å². The standard InChI is InChI=1S/C16H22N2O5/c1-2-3-4-5-6-12-17-13(19)8-7-9-16(22)23-18-14(20)10-11-15(18)21/h2-3,5-6H,4,7-12H2,1H3,(H,17,19)/b3-2-,6-5+. The van der Waals surface area contributed by atoms with Gasteiger partial charge in [-0.1, -0.05) is 24.3 Å². The van der Waals surface area contributed by atoms with Crippen LogP contribution in [0.15, 0.2) is 24.3 Å². The highest BCUT2D eigenvalue weighted by Gasteiger charge is 2.32. The van der Waals surface area contributed by atoms with Gasteiger partial charge in [-0.25, -0.2) is 4.79 Å². The summed E-state index contributed by atoms with van der Waals surface area (Å²) in [6.45, 7) is 2.38. The zero-order chi connectivity index (χ0) is 17.1. The van der Waals surface area contributed by atoms with Crippen molar-refractivity contribution in [3.8, 4) is 0 Å². The molecular weight excluding hydrogens is 300 g/mol. The summed E-state index contributed by atoms with van der Waals surface area (Å²) in [6, 6.07) is 0. The van der Waals surface area contributed by atoms with Crippen LogP contribution >= 0.6 is 0 Å². The van der Waals surface area contributed by atoms with Crippen LogP contribution in [-0.2, 0) is 24.0 Å². The van der Waals surface area contributed by atoms with Crippen molar-refractivity contribution < 1.29 is 24.0 Å². The second kappa shape index (κ2) is 10.3. The Bertz CT molecular complexity index is 495. The first-order valence-corrected chi connectivity index (χ1v) is 7.64.